The highest BCUT2D eigenvalue weighted by molar-refractivity contribution is 5.86. The number of aliphatic hydroxyl groups excluding tert-OH is 1. The number of hydrogen-bond acceptors (Lipinski definition) is 5. The van der Waals surface area contributed by atoms with Crippen LogP contribution in [0.1, 0.15) is 36.6 Å². The van der Waals surface area contributed by atoms with Gasteiger partial charge in [0.25, 0.3) is 0 Å². The van der Waals surface area contributed by atoms with E-state index < -0.39 is 12.0 Å². The van der Waals surface area contributed by atoms with Gasteiger partial charge in [-0.25, -0.2) is 0 Å². The molecule has 0 bridgehead atoms. The van der Waals surface area contributed by atoms with Gasteiger partial charge in [-0.2, -0.15) is 0 Å². The van der Waals surface area contributed by atoms with Crippen LogP contribution >= 0.6 is 0 Å². The van der Waals surface area contributed by atoms with Gasteiger partial charge in [0.1, 0.15) is 5.75 Å². The number of aromatic amines is 1. The molecule has 3 aliphatic rings. The number of ether oxygens (including phenoxy) is 2. The number of carbonyl (C=O) groups is 1. The van der Waals surface area contributed by atoms with Gasteiger partial charge in [0.05, 0.1) is 32.3 Å². The zero-order valence-corrected chi connectivity index (χ0v) is 16.5. The van der Waals surface area contributed by atoms with Crippen LogP contribution in [0.4, 0.5) is 0 Å². The molecular weight excluding hydrogens is 356 g/mol. The maximum Gasteiger partial charge on any atom is 0.311 e. The Morgan fingerprint density at radius 3 is 2.93 bits per heavy atom. The van der Waals surface area contributed by atoms with Crippen LogP contribution < -0.4 is 4.74 Å². The van der Waals surface area contributed by atoms with Gasteiger partial charge < -0.3 is 19.6 Å². The number of aromatic nitrogens is 1. The average molecular weight is 384 g/mol. The first-order valence-electron chi connectivity index (χ1n) is 10.3. The molecule has 2 fully saturated rings. The number of fused-ring (bicyclic) bond motifs is 6. The smallest absolute Gasteiger partial charge is 0.311 e. The molecule has 2 unspecified atom stereocenters. The van der Waals surface area contributed by atoms with E-state index in [1.165, 1.54) is 23.8 Å². The fraction of sp³-hybridized carbons (Fsp3) is 0.591. The van der Waals surface area contributed by atoms with Crippen LogP contribution in [-0.2, 0) is 16.0 Å². The number of aliphatic hydroxyl groups is 1. The van der Waals surface area contributed by atoms with Crippen molar-refractivity contribution < 1.29 is 19.4 Å². The van der Waals surface area contributed by atoms with Crippen LogP contribution in [0.15, 0.2) is 18.2 Å². The highest BCUT2D eigenvalue weighted by atomic mass is 16.5. The number of nitrogens with zero attached hydrogens (tertiary/aromatic N) is 1. The number of nitrogens with one attached hydrogen (secondary N) is 1. The molecule has 2 aromatic rings. The second-order valence-electron chi connectivity index (χ2n) is 8.54. The minimum atomic E-state index is -0.588. The molecule has 1 aromatic heterocycles. The Balaban J connectivity index is 1.52. The fourth-order valence-corrected chi connectivity index (χ4v) is 5.97. The second-order valence-corrected chi connectivity index (χ2v) is 8.54. The summed E-state index contributed by atoms with van der Waals surface area (Å²) in [6.07, 6.45) is 3.02. The number of hydrogen-bond donors (Lipinski definition) is 2. The maximum atomic E-state index is 12.4. The first-order valence-corrected chi connectivity index (χ1v) is 10.3. The first-order chi connectivity index (χ1) is 13.6. The van der Waals surface area contributed by atoms with Crippen LogP contribution in [0.25, 0.3) is 10.9 Å². The predicted molar refractivity (Wildman–Crippen MR) is 105 cm³/mol. The summed E-state index contributed by atoms with van der Waals surface area (Å²) in [6.45, 7) is 2.04. The van der Waals surface area contributed by atoms with Crippen molar-refractivity contribution in [3.63, 3.8) is 0 Å². The molecule has 1 aromatic carbocycles. The van der Waals surface area contributed by atoms with Crippen LogP contribution in [-0.4, -0.2) is 54.4 Å². The van der Waals surface area contributed by atoms with E-state index in [0.29, 0.717) is 12.3 Å². The van der Waals surface area contributed by atoms with E-state index >= 15 is 0 Å². The van der Waals surface area contributed by atoms with Gasteiger partial charge in [0.15, 0.2) is 0 Å². The molecule has 5 atom stereocenters. The standard InChI is InChI=1S/C22H28N2O4/c1-27-13-4-5-14-15-7-8-24-11-12-3-6-19(25)20(22(26)28-2)16(12)10-18(24)21(15)23-17(14)9-13/h4-5,9,12,16,18-20,23,25H,3,6-8,10-11H2,1-2H3/t12-,16-,18-,19?,20?/m0/s1. The molecule has 150 valence electrons. The normalized spacial score (nSPS) is 32.3. The lowest BCUT2D eigenvalue weighted by atomic mass is 9.65. The van der Waals surface area contributed by atoms with E-state index in [2.05, 4.69) is 22.0 Å². The third-order valence-electron chi connectivity index (χ3n) is 7.32. The van der Waals surface area contributed by atoms with Crippen LogP contribution in [0.5, 0.6) is 5.75 Å². The van der Waals surface area contributed by atoms with E-state index in [1.54, 1.807) is 7.11 Å². The Bertz CT molecular complexity index is 907. The molecular formula is C22H28N2O4. The van der Waals surface area contributed by atoms with Gasteiger partial charge in [0, 0.05) is 35.8 Å². The molecule has 6 heteroatoms. The van der Waals surface area contributed by atoms with Crippen molar-refractivity contribution in [1.29, 1.82) is 0 Å². The highest BCUT2D eigenvalue weighted by Crippen LogP contribution is 2.49. The van der Waals surface area contributed by atoms with Crippen LogP contribution in [0.3, 0.4) is 0 Å². The Labute approximate surface area is 164 Å². The summed E-state index contributed by atoms with van der Waals surface area (Å²) in [7, 11) is 3.12. The average Bonchev–Trinajstić information content (AvgIpc) is 3.10. The fourth-order valence-electron chi connectivity index (χ4n) is 5.97. The van der Waals surface area contributed by atoms with Crippen molar-refractivity contribution in [3.05, 3.63) is 29.5 Å². The molecule has 0 amide bonds. The summed E-state index contributed by atoms with van der Waals surface area (Å²) in [6, 6.07) is 6.49. The highest BCUT2D eigenvalue weighted by Gasteiger charge is 2.49. The molecule has 6 nitrogen and oxygen atoms in total. The van der Waals surface area contributed by atoms with Gasteiger partial charge in [-0.15, -0.1) is 0 Å². The summed E-state index contributed by atoms with van der Waals surface area (Å²) >= 11 is 0. The maximum absolute atomic E-state index is 12.4. The van der Waals surface area contributed by atoms with E-state index in [0.717, 1.165) is 43.6 Å². The number of esters is 1. The van der Waals surface area contributed by atoms with E-state index in [1.807, 2.05) is 6.07 Å². The summed E-state index contributed by atoms with van der Waals surface area (Å²) in [5.74, 6) is 0.820. The number of benzene rings is 1. The molecule has 0 radical (unpaired) electrons. The van der Waals surface area contributed by atoms with Gasteiger partial charge in [-0.1, -0.05) is 0 Å². The Morgan fingerprint density at radius 1 is 1.29 bits per heavy atom. The second kappa shape index (κ2) is 6.78. The van der Waals surface area contributed by atoms with Gasteiger partial charge in [-0.3, -0.25) is 9.69 Å². The van der Waals surface area contributed by atoms with Crippen molar-refractivity contribution in [2.75, 3.05) is 27.3 Å². The van der Waals surface area contributed by atoms with Crippen LogP contribution in [0.2, 0.25) is 0 Å². The van der Waals surface area contributed by atoms with Crippen molar-refractivity contribution in [2.24, 2.45) is 17.8 Å². The Kier molecular flexibility index (Phi) is 4.36. The quantitative estimate of drug-likeness (QED) is 0.779. The molecule has 1 aliphatic carbocycles. The largest absolute Gasteiger partial charge is 0.497 e. The summed E-state index contributed by atoms with van der Waals surface area (Å²) < 4.78 is 10.4. The number of methoxy groups -OCH3 is 2. The SMILES string of the molecule is COC(=O)C1C(O)CC[C@H]2CN3CCc4c([nH]c5cc(OC)ccc45)[C@@H]3C[C@H]12. The van der Waals surface area contributed by atoms with Gasteiger partial charge in [0.2, 0.25) is 0 Å². The molecule has 1 saturated heterocycles. The lowest BCUT2D eigenvalue weighted by molar-refractivity contribution is -0.160. The molecule has 2 aliphatic heterocycles. The molecule has 28 heavy (non-hydrogen) atoms. The monoisotopic (exact) mass is 384 g/mol. The minimum Gasteiger partial charge on any atom is -0.497 e. The van der Waals surface area contributed by atoms with E-state index in [4.69, 9.17) is 9.47 Å². The summed E-state index contributed by atoms with van der Waals surface area (Å²) in [5, 5.41) is 11.8. The van der Waals surface area contributed by atoms with Crippen molar-refractivity contribution in [3.8, 4) is 5.75 Å². The zero-order valence-electron chi connectivity index (χ0n) is 16.5. The van der Waals surface area contributed by atoms with Gasteiger partial charge >= 0.3 is 5.97 Å². The van der Waals surface area contributed by atoms with Crippen molar-refractivity contribution >= 4 is 16.9 Å². The third kappa shape index (κ3) is 2.65. The lowest BCUT2D eigenvalue weighted by Gasteiger charge is -2.50. The molecule has 1 saturated carbocycles. The number of H-pyrrole nitrogens is 1. The van der Waals surface area contributed by atoms with E-state index in [9.17, 15) is 9.90 Å². The van der Waals surface area contributed by atoms with Gasteiger partial charge in [-0.05, 0) is 55.2 Å². The third-order valence-corrected chi connectivity index (χ3v) is 7.32. The molecule has 5 rings (SSSR count). The first kappa shape index (κ1) is 18.0. The minimum absolute atomic E-state index is 0.171. The number of rotatable bonds is 2. The Hall–Kier alpha value is -2.05. The summed E-state index contributed by atoms with van der Waals surface area (Å²) in [4.78, 5) is 18.7. The summed E-state index contributed by atoms with van der Waals surface area (Å²) in [5.41, 5.74) is 3.78. The zero-order chi connectivity index (χ0) is 19.4. The predicted octanol–water partition coefficient (Wildman–Crippen LogP) is 2.66. The lowest BCUT2D eigenvalue weighted by Crippen LogP contribution is -2.53. The van der Waals surface area contributed by atoms with Crippen LogP contribution in [0, 0.1) is 17.8 Å². The molecule has 2 N–H and O–H groups in total. The topological polar surface area (TPSA) is 74.8 Å². The number of piperidine rings is 1. The van der Waals surface area contributed by atoms with E-state index in [-0.39, 0.29) is 17.9 Å². The molecule has 3 heterocycles. The van der Waals surface area contributed by atoms with Crippen molar-refractivity contribution in [2.45, 2.75) is 37.8 Å². The number of carbonyl (C=O) groups excluding carboxylic acids is 1. The molecule has 0 spiro atoms. The Morgan fingerprint density at radius 2 is 2.14 bits per heavy atom. The van der Waals surface area contributed by atoms with Crippen molar-refractivity contribution in [1.82, 2.24) is 9.88 Å².